The molecule has 0 aromatic carbocycles. The van der Waals surface area contributed by atoms with Gasteiger partial charge in [0.1, 0.15) is 0 Å². The molecule has 2 heteroatoms. The lowest BCUT2D eigenvalue weighted by atomic mass is 9.89. The SMILES string of the molecule is CCCCC(C)NCC(C)(C)CCOC. The number of rotatable bonds is 9. The number of ether oxygens (including phenoxy) is 1. The van der Waals surface area contributed by atoms with Crippen molar-refractivity contribution in [2.45, 2.75) is 59.4 Å². The van der Waals surface area contributed by atoms with Crippen molar-refractivity contribution in [3.05, 3.63) is 0 Å². The first-order valence-corrected chi connectivity index (χ1v) is 6.24. The Morgan fingerprint density at radius 2 is 2.00 bits per heavy atom. The zero-order chi connectivity index (χ0) is 11.7. The summed E-state index contributed by atoms with van der Waals surface area (Å²) in [6.07, 6.45) is 5.03. The van der Waals surface area contributed by atoms with E-state index in [1.54, 1.807) is 7.11 Å². The van der Waals surface area contributed by atoms with E-state index in [9.17, 15) is 0 Å². The molecule has 0 aromatic rings. The minimum atomic E-state index is 0.344. The van der Waals surface area contributed by atoms with Crippen molar-refractivity contribution in [2.75, 3.05) is 20.3 Å². The lowest BCUT2D eigenvalue weighted by molar-refractivity contribution is 0.149. The molecular formula is C13H29NO. The molecule has 0 aromatic heterocycles. The van der Waals surface area contributed by atoms with Gasteiger partial charge in [0.15, 0.2) is 0 Å². The summed E-state index contributed by atoms with van der Waals surface area (Å²) >= 11 is 0. The smallest absolute Gasteiger partial charge is 0.0467 e. The van der Waals surface area contributed by atoms with Crippen molar-refractivity contribution < 1.29 is 4.74 Å². The summed E-state index contributed by atoms with van der Waals surface area (Å²) < 4.78 is 5.12. The molecule has 0 fully saturated rings. The highest BCUT2D eigenvalue weighted by atomic mass is 16.5. The zero-order valence-electron chi connectivity index (χ0n) is 11.2. The summed E-state index contributed by atoms with van der Waals surface area (Å²) in [7, 11) is 1.77. The molecule has 0 rings (SSSR count). The van der Waals surface area contributed by atoms with Crippen LogP contribution in [0.5, 0.6) is 0 Å². The van der Waals surface area contributed by atoms with Crippen LogP contribution in [0, 0.1) is 5.41 Å². The van der Waals surface area contributed by atoms with Crippen LogP contribution in [-0.2, 0) is 4.74 Å². The Morgan fingerprint density at radius 3 is 2.53 bits per heavy atom. The van der Waals surface area contributed by atoms with Crippen molar-refractivity contribution >= 4 is 0 Å². The van der Waals surface area contributed by atoms with Crippen LogP contribution in [0.2, 0.25) is 0 Å². The van der Waals surface area contributed by atoms with Crippen LogP contribution >= 0.6 is 0 Å². The molecular weight excluding hydrogens is 186 g/mol. The molecule has 1 N–H and O–H groups in total. The van der Waals surface area contributed by atoms with Gasteiger partial charge >= 0.3 is 0 Å². The van der Waals surface area contributed by atoms with Crippen molar-refractivity contribution in [3.63, 3.8) is 0 Å². The van der Waals surface area contributed by atoms with Crippen molar-refractivity contribution in [1.29, 1.82) is 0 Å². The highest BCUT2D eigenvalue weighted by Gasteiger charge is 2.17. The monoisotopic (exact) mass is 215 g/mol. The third-order valence-corrected chi connectivity index (χ3v) is 2.90. The Labute approximate surface area is 95.8 Å². The number of methoxy groups -OCH3 is 1. The predicted octanol–water partition coefficient (Wildman–Crippen LogP) is 3.22. The van der Waals surface area contributed by atoms with Crippen LogP contribution in [-0.4, -0.2) is 26.3 Å². The summed E-state index contributed by atoms with van der Waals surface area (Å²) in [4.78, 5) is 0. The maximum absolute atomic E-state index is 5.12. The minimum absolute atomic E-state index is 0.344. The highest BCUT2D eigenvalue weighted by Crippen LogP contribution is 2.19. The van der Waals surface area contributed by atoms with Crippen LogP contribution in [0.3, 0.4) is 0 Å². The van der Waals surface area contributed by atoms with Gasteiger partial charge in [0.25, 0.3) is 0 Å². The highest BCUT2D eigenvalue weighted by molar-refractivity contribution is 4.73. The molecule has 0 amide bonds. The molecule has 1 atom stereocenters. The molecule has 1 unspecified atom stereocenters. The van der Waals surface area contributed by atoms with E-state index in [4.69, 9.17) is 4.74 Å². The van der Waals surface area contributed by atoms with E-state index in [0.29, 0.717) is 11.5 Å². The third kappa shape index (κ3) is 8.88. The molecule has 15 heavy (non-hydrogen) atoms. The molecule has 0 bridgehead atoms. The van der Waals surface area contributed by atoms with Gasteiger partial charge in [-0.15, -0.1) is 0 Å². The van der Waals surface area contributed by atoms with Gasteiger partial charge in [-0.25, -0.2) is 0 Å². The maximum atomic E-state index is 5.12. The Balaban J connectivity index is 3.62. The predicted molar refractivity (Wildman–Crippen MR) is 67.3 cm³/mol. The standard InChI is InChI=1S/C13H29NO/c1-6-7-8-12(2)14-11-13(3,4)9-10-15-5/h12,14H,6-11H2,1-5H3. The summed E-state index contributed by atoms with van der Waals surface area (Å²) in [5.74, 6) is 0. The van der Waals surface area contributed by atoms with Gasteiger partial charge in [0.2, 0.25) is 0 Å². The number of hydrogen-bond donors (Lipinski definition) is 1. The second-order valence-corrected chi connectivity index (χ2v) is 5.33. The van der Waals surface area contributed by atoms with Crippen LogP contribution in [0.1, 0.15) is 53.4 Å². The first-order chi connectivity index (χ1) is 7.02. The molecule has 0 saturated carbocycles. The fraction of sp³-hybridized carbons (Fsp3) is 1.00. The molecule has 0 aliphatic carbocycles. The second kappa shape index (κ2) is 8.12. The first kappa shape index (κ1) is 14.9. The molecule has 2 nitrogen and oxygen atoms in total. The van der Waals surface area contributed by atoms with E-state index < -0.39 is 0 Å². The van der Waals surface area contributed by atoms with Gasteiger partial charge in [-0.1, -0.05) is 33.6 Å². The van der Waals surface area contributed by atoms with E-state index in [0.717, 1.165) is 19.6 Å². The van der Waals surface area contributed by atoms with Gasteiger partial charge < -0.3 is 10.1 Å². The maximum Gasteiger partial charge on any atom is 0.0467 e. The van der Waals surface area contributed by atoms with Crippen molar-refractivity contribution in [2.24, 2.45) is 5.41 Å². The first-order valence-electron chi connectivity index (χ1n) is 6.24. The van der Waals surface area contributed by atoms with E-state index in [2.05, 4.69) is 33.0 Å². The van der Waals surface area contributed by atoms with E-state index in [1.165, 1.54) is 19.3 Å². The summed E-state index contributed by atoms with van der Waals surface area (Å²) in [5, 5.41) is 3.61. The largest absolute Gasteiger partial charge is 0.385 e. The van der Waals surface area contributed by atoms with Crippen LogP contribution in [0.4, 0.5) is 0 Å². The average molecular weight is 215 g/mol. The summed E-state index contributed by atoms with van der Waals surface area (Å²) in [6.45, 7) is 11.1. The number of unbranched alkanes of at least 4 members (excludes halogenated alkanes) is 1. The van der Waals surface area contributed by atoms with Crippen LogP contribution in [0.25, 0.3) is 0 Å². The molecule has 0 heterocycles. The Morgan fingerprint density at radius 1 is 1.33 bits per heavy atom. The minimum Gasteiger partial charge on any atom is -0.385 e. The normalized spacial score (nSPS) is 14.2. The molecule has 0 aliphatic heterocycles. The Bertz CT molecular complexity index is 145. The lowest BCUT2D eigenvalue weighted by Crippen LogP contribution is -2.36. The molecule has 0 aliphatic rings. The molecule has 92 valence electrons. The van der Waals surface area contributed by atoms with Crippen LogP contribution < -0.4 is 5.32 Å². The molecule has 0 radical (unpaired) electrons. The van der Waals surface area contributed by atoms with Gasteiger partial charge in [-0.3, -0.25) is 0 Å². The molecule has 0 saturated heterocycles. The van der Waals surface area contributed by atoms with Crippen molar-refractivity contribution in [1.82, 2.24) is 5.32 Å². The van der Waals surface area contributed by atoms with Gasteiger partial charge in [-0.2, -0.15) is 0 Å². The quantitative estimate of drug-likeness (QED) is 0.637. The van der Waals surface area contributed by atoms with Crippen LogP contribution in [0.15, 0.2) is 0 Å². The second-order valence-electron chi connectivity index (χ2n) is 5.33. The lowest BCUT2D eigenvalue weighted by Gasteiger charge is -2.27. The number of hydrogen-bond acceptors (Lipinski definition) is 2. The fourth-order valence-electron chi connectivity index (χ4n) is 1.53. The van der Waals surface area contributed by atoms with E-state index >= 15 is 0 Å². The average Bonchev–Trinajstić information content (AvgIpc) is 2.21. The zero-order valence-corrected chi connectivity index (χ0v) is 11.2. The van der Waals surface area contributed by atoms with E-state index in [-0.39, 0.29) is 0 Å². The summed E-state index contributed by atoms with van der Waals surface area (Å²) in [5.41, 5.74) is 0.344. The summed E-state index contributed by atoms with van der Waals surface area (Å²) in [6, 6.07) is 0.645. The fourth-order valence-corrected chi connectivity index (χ4v) is 1.53. The Kier molecular flexibility index (Phi) is 8.07. The molecule has 0 spiro atoms. The number of nitrogens with one attached hydrogen (secondary N) is 1. The third-order valence-electron chi connectivity index (χ3n) is 2.90. The van der Waals surface area contributed by atoms with E-state index in [1.807, 2.05) is 0 Å². The van der Waals surface area contributed by atoms with Crippen molar-refractivity contribution in [3.8, 4) is 0 Å². The van der Waals surface area contributed by atoms with Gasteiger partial charge in [0.05, 0.1) is 0 Å². The topological polar surface area (TPSA) is 21.3 Å². The van der Waals surface area contributed by atoms with Gasteiger partial charge in [0, 0.05) is 26.3 Å². The van der Waals surface area contributed by atoms with Gasteiger partial charge in [-0.05, 0) is 25.2 Å². The Hall–Kier alpha value is -0.0800.